The molecule has 0 spiro atoms. The maximum atomic E-state index is 6.29. The van der Waals surface area contributed by atoms with Crippen LogP contribution in [0.3, 0.4) is 0 Å². The first kappa shape index (κ1) is 14.5. The summed E-state index contributed by atoms with van der Waals surface area (Å²) in [5, 5.41) is 8.68. The highest BCUT2D eigenvalue weighted by molar-refractivity contribution is 6.31. The molecule has 0 radical (unpaired) electrons. The highest BCUT2D eigenvalue weighted by Gasteiger charge is 2.23. The third-order valence-electron chi connectivity index (χ3n) is 3.20. The number of hydrogen-bond acceptors (Lipinski definition) is 2. The maximum absolute atomic E-state index is 6.29. The molecule has 2 atom stereocenters. The third kappa shape index (κ3) is 3.46. The van der Waals surface area contributed by atoms with Crippen molar-refractivity contribution < 1.29 is 0 Å². The monoisotopic (exact) mass is 257 g/mol. The minimum absolute atomic E-state index is 0.298. The van der Waals surface area contributed by atoms with Crippen LogP contribution in [0.5, 0.6) is 0 Å². The molecule has 0 fully saturated rings. The van der Waals surface area contributed by atoms with Gasteiger partial charge in [-0.3, -0.25) is 4.68 Å². The molecular weight excluding hydrogens is 234 g/mol. The number of hydrogen-bond donors (Lipinski definition) is 1. The van der Waals surface area contributed by atoms with Gasteiger partial charge in [0.05, 0.1) is 23.0 Å². The molecule has 0 aliphatic heterocycles. The molecular formula is C13H24ClN3. The Hall–Kier alpha value is -0.540. The Bertz CT molecular complexity index is 335. The minimum Gasteiger partial charge on any atom is -0.309 e. The van der Waals surface area contributed by atoms with E-state index in [1.54, 1.807) is 6.20 Å². The summed E-state index contributed by atoms with van der Waals surface area (Å²) in [4.78, 5) is 0. The van der Waals surface area contributed by atoms with E-state index in [1.165, 1.54) is 0 Å². The predicted octanol–water partition coefficient (Wildman–Crippen LogP) is 3.64. The average Bonchev–Trinajstić information content (AvgIpc) is 2.67. The zero-order valence-corrected chi connectivity index (χ0v) is 12.1. The van der Waals surface area contributed by atoms with E-state index >= 15 is 0 Å². The second kappa shape index (κ2) is 7.02. The zero-order chi connectivity index (χ0) is 12.8. The van der Waals surface area contributed by atoms with Gasteiger partial charge in [0.1, 0.15) is 0 Å². The molecule has 17 heavy (non-hydrogen) atoms. The molecule has 3 nitrogen and oxygen atoms in total. The minimum atomic E-state index is 0.298. The van der Waals surface area contributed by atoms with Gasteiger partial charge in [-0.15, -0.1) is 0 Å². The highest BCUT2D eigenvalue weighted by atomic mass is 35.5. The van der Waals surface area contributed by atoms with Crippen molar-refractivity contribution in [1.29, 1.82) is 0 Å². The third-order valence-corrected chi connectivity index (χ3v) is 3.49. The molecule has 0 aliphatic carbocycles. The fourth-order valence-corrected chi connectivity index (χ4v) is 2.35. The van der Waals surface area contributed by atoms with Crippen molar-refractivity contribution in [3.8, 4) is 0 Å². The summed E-state index contributed by atoms with van der Waals surface area (Å²) >= 11 is 6.29. The van der Waals surface area contributed by atoms with Crippen LogP contribution in [0.2, 0.25) is 5.02 Å². The van der Waals surface area contributed by atoms with Crippen LogP contribution in [-0.2, 0) is 6.54 Å². The summed E-state index contributed by atoms with van der Waals surface area (Å²) in [5.74, 6) is 0.555. The van der Waals surface area contributed by atoms with Gasteiger partial charge in [0, 0.05) is 6.54 Å². The summed E-state index contributed by atoms with van der Waals surface area (Å²) in [6, 6.07) is 0.298. The second-order valence-corrected chi connectivity index (χ2v) is 4.93. The molecule has 0 saturated carbocycles. The largest absolute Gasteiger partial charge is 0.309 e. The van der Waals surface area contributed by atoms with Crippen molar-refractivity contribution in [3.63, 3.8) is 0 Å². The number of nitrogens with one attached hydrogen (secondary N) is 1. The average molecular weight is 258 g/mol. The van der Waals surface area contributed by atoms with Gasteiger partial charge < -0.3 is 5.32 Å². The molecule has 1 rings (SSSR count). The molecule has 1 aromatic rings. The van der Waals surface area contributed by atoms with Crippen LogP contribution < -0.4 is 5.32 Å². The van der Waals surface area contributed by atoms with Crippen LogP contribution in [0.1, 0.15) is 52.3 Å². The van der Waals surface area contributed by atoms with Crippen molar-refractivity contribution >= 4 is 11.6 Å². The molecule has 0 saturated heterocycles. The first-order valence-corrected chi connectivity index (χ1v) is 6.97. The Balaban J connectivity index is 3.02. The fraction of sp³-hybridized carbons (Fsp3) is 0.769. The molecule has 1 heterocycles. The molecule has 98 valence electrons. The van der Waals surface area contributed by atoms with Gasteiger partial charge in [0.2, 0.25) is 0 Å². The van der Waals surface area contributed by atoms with E-state index in [0.29, 0.717) is 12.0 Å². The van der Waals surface area contributed by atoms with Crippen molar-refractivity contribution in [2.24, 2.45) is 5.92 Å². The molecule has 0 aliphatic rings. The smallest absolute Gasteiger partial charge is 0.0834 e. The van der Waals surface area contributed by atoms with E-state index in [2.05, 4.69) is 38.1 Å². The lowest BCUT2D eigenvalue weighted by molar-refractivity contribution is 0.358. The summed E-state index contributed by atoms with van der Waals surface area (Å²) in [6.45, 7) is 10.6. The van der Waals surface area contributed by atoms with Gasteiger partial charge in [0.25, 0.3) is 0 Å². The van der Waals surface area contributed by atoms with Gasteiger partial charge in [-0.2, -0.15) is 5.10 Å². The second-order valence-electron chi connectivity index (χ2n) is 4.52. The van der Waals surface area contributed by atoms with E-state index in [1.807, 2.05) is 4.68 Å². The van der Waals surface area contributed by atoms with Crippen molar-refractivity contribution in [2.45, 2.75) is 53.1 Å². The highest BCUT2D eigenvalue weighted by Crippen LogP contribution is 2.30. The number of nitrogens with zero attached hydrogens (tertiary/aromatic N) is 2. The van der Waals surface area contributed by atoms with Crippen LogP contribution in [0, 0.1) is 5.92 Å². The lowest BCUT2D eigenvalue weighted by atomic mass is 9.96. The lowest BCUT2D eigenvalue weighted by Crippen LogP contribution is -2.29. The Morgan fingerprint density at radius 2 is 2.12 bits per heavy atom. The van der Waals surface area contributed by atoms with E-state index in [4.69, 9.17) is 11.6 Å². The number of rotatable bonds is 7. The topological polar surface area (TPSA) is 29.9 Å². The SMILES string of the molecule is CCCn1ncc(Cl)c1C(NCC)C(C)CC. The predicted molar refractivity (Wildman–Crippen MR) is 73.4 cm³/mol. The standard InChI is InChI=1S/C13H24ClN3/c1-5-8-17-13(11(14)9-16-17)12(15-7-3)10(4)6-2/h9-10,12,15H,5-8H2,1-4H3. The van der Waals surface area contributed by atoms with Crippen LogP contribution >= 0.6 is 11.6 Å². The number of aromatic nitrogens is 2. The first-order chi connectivity index (χ1) is 8.15. The lowest BCUT2D eigenvalue weighted by Gasteiger charge is -2.25. The molecule has 4 heteroatoms. The van der Waals surface area contributed by atoms with Crippen LogP contribution in [0.4, 0.5) is 0 Å². The van der Waals surface area contributed by atoms with Crippen molar-refractivity contribution in [3.05, 3.63) is 16.9 Å². The van der Waals surface area contributed by atoms with E-state index in [0.717, 1.165) is 36.6 Å². The van der Waals surface area contributed by atoms with E-state index < -0.39 is 0 Å². The summed E-state index contributed by atoms with van der Waals surface area (Å²) < 4.78 is 2.04. The van der Waals surface area contributed by atoms with Crippen LogP contribution in [0.25, 0.3) is 0 Å². The molecule has 0 bridgehead atoms. The van der Waals surface area contributed by atoms with Crippen molar-refractivity contribution in [2.75, 3.05) is 6.54 Å². The zero-order valence-electron chi connectivity index (χ0n) is 11.3. The summed E-state index contributed by atoms with van der Waals surface area (Å²) in [6.07, 6.45) is 3.97. The first-order valence-electron chi connectivity index (χ1n) is 6.60. The molecule has 1 N–H and O–H groups in total. The Kier molecular flexibility index (Phi) is 6.00. The number of halogens is 1. The van der Waals surface area contributed by atoms with Crippen molar-refractivity contribution in [1.82, 2.24) is 15.1 Å². The molecule has 0 aromatic carbocycles. The fourth-order valence-electron chi connectivity index (χ4n) is 2.09. The van der Waals surface area contributed by atoms with E-state index in [-0.39, 0.29) is 0 Å². The molecule has 1 aromatic heterocycles. The van der Waals surface area contributed by atoms with Gasteiger partial charge in [-0.05, 0) is 18.9 Å². The Morgan fingerprint density at radius 3 is 2.65 bits per heavy atom. The normalized spacial score (nSPS) is 14.9. The Morgan fingerprint density at radius 1 is 1.41 bits per heavy atom. The Labute approximate surface area is 110 Å². The van der Waals surface area contributed by atoms with Gasteiger partial charge >= 0.3 is 0 Å². The van der Waals surface area contributed by atoms with Gasteiger partial charge in [0.15, 0.2) is 0 Å². The maximum Gasteiger partial charge on any atom is 0.0834 e. The van der Waals surface area contributed by atoms with Crippen LogP contribution in [-0.4, -0.2) is 16.3 Å². The molecule has 2 unspecified atom stereocenters. The van der Waals surface area contributed by atoms with E-state index in [9.17, 15) is 0 Å². The summed E-state index contributed by atoms with van der Waals surface area (Å²) in [7, 11) is 0. The quantitative estimate of drug-likeness (QED) is 0.808. The summed E-state index contributed by atoms with van der Waals surface area (Å²) in [5.41, 5.74) is 1.14. The molecule has 0 amide bonds. The van der Waals surface area contributed by atoms with Gasteiger partial charge in [-0.1, -0.05) is 45.7 Å². The van der Waals surface area contributed by atoms with Gasteiger partial charge in [-0.25, -0.2) is 0 Å². The van der Waals surface area contributed by atoms with Crippen LogP contribution in [0.15, 0.2) is 6.20 Å². The number of aryl methyl sites for hydroxylation is 1.